The summed E-state index contributed by atoms with van der Waals surface area (Å²) in [5, 5.41) is 25.0. The van der Waals surface area contributed by atoms with E-state index in [-0.39, 0.29) is 27.3 Å². The van der Waals surface area contributed by atoms with Gasteiger partial charge in [0.1, 0.15) is 11.5 Å². The molecule has 0 aliphatic heterocycles. The van der Waals surface area contributed by atoms with E-state index in [0.717, 1.165) is 17.8 Å². The Bertz CT molecular complexity index is 1010. The molecule has 1 N–H and O–H groups in total. The van der Waals surface area contributed by atoms with Gasteiger partial charge in [-0.1, -0.05) is 29.4 Å². The van der Waals surface area contributed by atoms with Gasteiger partial charge in [0.05, 0.1) is 16.4 Å². The van der Waals surface area contributed by atoms with Gasteiger partial charge >= 0.3 is 0 Å². The lowest BCUT2D eigenvalue weighted by Gasteiger charge is -2.07. The average molecular weight is 409 g/mol. The zero-order chi connectivity index (χ0) is 19.4. The number of tetrazole rings is 1. The number of nitrogens with one attached hydrogen (secondary N) is 1. The number of thioether (sulfide) groups is 1. The summed E-state index contributed by atoms with van der Waals surface area (Å²) in [5.74, 6) is -1.07. The standard InChI is InChI=1S/C15H10ClFN6O3S/c16-9-4-5-12(13(6-9)23(25)26)18-14(24)8-27-15-19-20-21-22(15)11-3-1-2-10(17)7-11/h1-7H,8H2,(H,18,24). The van der Waals surface area contributed by atoms with Crippen molar-refractivity contribution < 1.29 is 14.1 Å². The van der Waals surface area contributed by atoms with E-state index in [2.05, 4.69) is 20.8 Å². The van der Waals surface area contributed by atoms with E-state index >= 15 is 0 Å². The third kappa shape index (κ3) is 4.57. The summed E-state index contributed by atoms with van der Waals surface area (Å²) in [5.41, 5.74) is 0.112. The summed E-state index contributed by atoms with van der Waals surface area (Å²) < 4.78 is 14.6. The number of halogens is 2. The molecule has 0 saturated carbocycles. The van der Waals surface area contributed by atoms with Crippen LogP contribution in [-0.2, 0) is 4.79 Å². The van der Waals surface area contributed by atoms with Crippen molar-refractivity contribution in [3.05, 3.63) is 63.4 Å². The number of anilines is 1. The second-order valence-corrected chi connectivity index (χ2v) is 6.49. The summed E-state index contributed by atoms with van der Waals surface area (Å²) >= 11 is 6.74. The normalized spacial score (nSPS) is 10.6. The van der Waals surface area contributed by atoms with Gasteiger partial charge in [-0.2, -0.15) is 4.68 Å². The maximum atomic E-state index is 13.4. The summed E-state index contributed by atoms with van der Waals surface area (Å²) in [4.78, 5) is 22.6. The minimum Gasteiger partial charge on any atom is -0.320 e. The molecular weight excluding hydrogens is 399 g/mol. The molecule has 0 atom stereocenters. The van der Waals surface area contributed by atoms with Gasteiger partial charge in [0.2, 0.25) is 11.1 Å². The van der Waals surface area contributed by atoms with Crippen LogP contribution in [0.3, 0.4) is 0 Å². The van der Waals surface area contributed by atoms with Gasteiger partial charge < -0.3 is 5.32 Å². The van der Waals surface area contributed by atoms with Gasteiger partial charge in [-0.3, -0.25) is 14.9 Å². The van der Waals surface area contributed by atoms with Crippen LogP contribution in [0.25, 0.3) is 5.69 Å². The van der Waals surface area contributed by atoms with Gasteiger partial charge in [0.15, 0.2) is 0 Å². The molecule has 0 spiro atoms. The largest absolute Gasteiger partial charge is 0.320 e. The fraction of sp³-hybridized carbons (Fsp3) is 0.0667. The second kappa shape index (κ2) is 8.10. The predicted molar refractivity (Wildman–Crippen MR) is 96.6 cm³/mol. The molecule has 12 heteroatoms. The van der Waals surface area contributed by atoms with Crippen LogP contribution in [0.2, 0.25) is 5.02 Å². The molecule has 0 saturated heterocycles. The fourth-order valence-electron chi connectivity index (χ4n) is 2.12. The van der Waals surface area contributed by atoms with Crippen LogP contribution < -0.4 is 5.32 Å². The van der Waals surface area contributed by atoms with E-state index in [4.69, 9.17) is 11.6 Å². The molecule has 3 rings (SSSR count). The number of nitro groups is 1. The molecular formula is C15H10ClFN6O3S. The van der Waals surface area contributed by atoms with E-state index < -0.39 is 16.6 Å². The number of carbonyl (C=O) groups excluding carboxylic acids is 1. The van der Waals surface area contributed by atoms with E-state index in [1.165, 1.54) is 35.0 Å². The Morgan fingerprint density at radius 3 is 2.89 bits per heavy atom. The van der Waals surface area contributed by atoms with Gasteiger partial charge in [0, 0.05) is 11.1 Å². The number of benzene rings is 2. The van der Waals surface area contributed by atoms with Crippen molar-refractivity contribution in [2.45, 2.75) is 5.16 Å². The van der Waals surface area contributed by atoms with E-state index in [1.54, 1.807) is 6.07 Å². The molecule has 1 heterocycles. The van der Waals surface area contributed by atoms with Crippen LogP contribution in [0.15, 0.2) is 47.6 Å². The van der Waals surface area contributed by atoms with Gasteiger partial charge in [-0.25, -0.2) is 4.39 Å². The van der Waals surface area contributed by atoms with Gasteiger partial charge in [-0.05, 0) is 40.8 Å². The lowest BCUT2D eigenvalue weighted by Crippen LogP contribution is -2.15. The van der Waals surface area contributed by atoms with Crippen molar-refractivity contribution >= 4 is 40.6 Å². The lowest BCUT2D eigenvalue weighted by atomic mass is 10.2. The number of aromatic nitrogens is 4. The highest BCUT2D eigenvalue weighted by Crippen LogP contribution is 2.28. The Kier molecular flexibility index (Phi) is 5.62. The monoisotopic (exact) mass is 408 g/mol. The number of nitro benzene ring substituents is 1. The van der Waals surface area contributed by atoms with E-state index in [0.29, 0.717) is 5.69 Å². The molecule has 138 valence electrons. The Labute approximate surface area is 160 Å². The third-order valence-electron chi connectivity index (χ3n) is 3.26. The molecule has 0 aliphatic carbocycles. The number of hydrogen-bond acceptors (Lipinski definition) is 7. The van der Waals surface area contributed by atoms with Gasteiger partial charge in [0.25, 0.3) is 5.69 Å². The molecule has 0 bridgehead atoms. The molecule has 0 fully saturated rings. The maximum Gasteiger partial charge on any atom is 0.294 e. The molecule has 2 aromatic carbocycles. The number of nitrogens with zero attached hydrogens (tertiary/aromatic N) is 5. The molecule has 0 unspecified atom stereocenters. The van der Waals surface area contributed by atoms with Crippen molar-refractivity contribution in [1.29, 1.82) is 0 Å². The van der Waals surface area contributed by atoms with Crippen LogP contribution in [0.4, 0.5) is 15.8 Å². The lowest BCUT2D eigenvalue weighted by molar-refractivity contribution is -0.383. The van der Waals surface area contributed by atoms with E-state index in [9.17, 15) is 19.3 Å². The van der Waals surface area contributed by atoms with Crippen molar-refractivity contribution in [3.8, 4) is 5.69 Å². The number of hydrogen-bond donors (Lipinski definition) is 1. The molecule has 27 heavy (non-hydrogen) atoms. The predicted octanol–water partition coefficient (Wildman–Crippen LogP) is 3.09. The SMILES string of the molecule is O=C(CSc1nnnn1-c1cccc(F)c1)Nc1ccc(Cl)cc1[N+](=O)[O-]. The summed E-state index contributed by atoms with van der Waals surface area (Å²) in [7, 11) is 0. The molecule has 0 aliphatic rings. The maximum absolute atomic E-state index is 13.4. The zero-order valence-electron chi connectivity index (χ0n) is 13.4. The topological polar surface area (TPSA) is 116 Å². The van der Waals surface area contributed by atoms with Crippen molar-refractivity contribution in [2.75, 3.05) is 11.1 Å². The Hall–Kier alpha value is -3.05. The first-order valence-electron chi connectivity index (χ1n) is 7.35. The Balaban J connectivity index is 1.69. The smallest absolute Gasteiger partial charge is 0.294 e. The average Bonchev–Trinajstić information content (AvgIpc) is 3.10. The molecule has 3 aromatic rings. The van der Waals surface area contributed by atoms with Crippen LogP contribution in [0.5, 0.6) is 0 Å². The van der Waals surface area contributed by atoms with Crippen LogP contribution in [0, 0.1) is 15.9 Å². The Morgan fingerprint density at radius 1 is 1.33 bits per heavy atom. The molecule has 1 aromatic heterocycles. The quantitative estimate of drug-likeness (QED) is 0.378. The Morgan fingerprint density at radius 2 is 2.15 bits per heavy atom. The highest BCUT2D eigenvalue weighted by molar-refractivity contribution is 7.99. The van der Waals surface area contributed by atoms with Crippen LogP contribution in [0.1, 0.15) is 0 Å². The van der Waals surface area contributed by atoms with Crippen molar-refractivity contribution in [3.63, 3.8) is 0 Å². The summed E-state index contributed by atoms with van der Waals surface area (Å²) in [6.45, 7) is 0. The number of amides is 1. The minimum absolute atomic E-state index is 0.0275. The number of carbonyl (C=O) groups is 1. The second-order valence-electron chi connectivity index (χ2n) is 5.11. The van der Waals surface area contributed by atoms with E-state index in [1.807, 2.05) is 0 Å². The van der Waals surface area contributed by atoms with Crippen molar-refractivity contribution in [1.82, 2.24) is 20.2 Å². The number of rotatable bonds is 6. The summed E-state index contributed by atoms with van der Waals surface area (Å²) in [6.07, 6.45) is 0. The zero-order valence-corrected chi connectivity index (χ0v) is 14.9. The summed E-state index contributed by atoms with van der Waals surface area (Å²) in [6, 6.07) is 9.58. The first-order valence-corrected chi connectivity index (χ1v) is 8.71. The first-order chi connectivity index (χ1) is 12.9. The van der Waals surface area contributed by atoms with Crippen molar-refractivity contribution in [2.24, 2.45) is 0 Å². The van der Waals surface area contributed by atoms with Crippen LogP contribution >= 0.6 is 23.4 Å². The molecule has 9 nitrogen and oxygen atoms in total. The minimum atomic E-state index is -0.640. The highest BCUT2D eigenvalue weighted by Gasteiger charge is 2.18. The molecule has 1 amide bonds. The van der Waals surface area contributed by atoms with Crippen LogP contribution in [-0.4, -0.2) is 36.8 Å². The van der Waals surface area contributed by atoms with Gasteiger partial charge in [-0.15, -0.1) is 5.10 Å². The fourth-order valence-corrected chi connectivity index (χ4v) is 2.97. The first kappa shape index (κ1) is 18.7. The highest BCUT2D eigenvalue weighted by atomic mass is 35.5. The third-order valence-corrected chi connectivity index (χ3v) is 4.41. The molecule has 0 radical (unpaired) electrons.